The third kappa shape index (κ3) is 3.98. The highest BCUT2D eigenvalue weighted by Crippen LogP contribution is 2.26. The van der Waals surface area contributed by atoms with Crippen molar-refractivity contribution in [2.75, 3.05) is 6.54 Å². The van der Waals surface area contributed by atoms with Crippen LogP contribution in [0.15, 0.2) is 50.0 Å². The highest BCUT2D eigenvalue weighted by Gasteiger charge is 2.04. The van der Waals surface area contributed by atoms with Gasteiger partial charge in [-0.05, 0) is 56.5 Å². The van der Waals surface area contributed by atoms with Gasteiger partial charge in [-0.2, -0.15) is 0 Å². The lowest BCUT2D eigenvalue weighted by atomic mass is 10.1. The van der Waals surface area contributed by atoms with Crippen LogP contribution in [0.2, 0.25) is 0 Å². The first kappa shape index (κ1) is 12.9. The van der Waals surface area contributed by atoms with Gasteiger partial charge in [0, 0.05) is 0 Å². The first-order valence-electron chi connectivity index (χ1n) is 5.44. The summed E-state index contributed by atoms with van der Waals surface area (Å²) in [6, 6.07) is 12.4. The second kappa shape index (κ2) is 6.38. The van der Waals surface area contributed by atoms with E-state index in [2.05, 4.69) is 61.4 Å². The molecule has 0 atom stereocenters. The molecule has 2 rings (SSSR count). The van der Waals surface area contributed by atoms with E-state index in [4.69, 9.17) is 4.42 Å². The van der Waals surface area contributed by atoms with Gasteiger partial charge < -0.3 is 9.73 Å². The molecule has 1 N–H and O–H groups in total. The molecule has 0 amide bonds. The fourth-order valence-electron chi connectivity index (χ4n) is 1.57. The molecule has 0 saturated heterocycles. The summed E-state index contributed by atoms with van der Waals surface area (Å²) in [5.74, 6) is 0.928. The summed E-state index contributed by atoms with van der Waals surface area (Å²) in [5.41, 5.74) is 1.35. The zero-order valence-electron chi connectivity index (χ0n) is 9.25. The summed E-state index contributed by atoms with van der Waals surface area (Å²) < 4.78 is 7.18. The lowest BCUT2D eigenvalue weighted by Crippen LogP contribution is -2.16. The van der Waals surface area contributed by atoms with E-state index >= 15 is 0 Å². The quantitative estimate of drug-likeness (QED) is 0.812. The minimum absolute atomic E-state index is 0.747. The summed E-state index contributed by atoms with van der Waals surface area (Å²) in [6.07, 6.45) is 1.03. The fraction of sp³-hybridized carbons (Fsp3) is 0.231. The molecule has 1 aromatic heterocycles. The molecule has 0 spiro atoms. The third-order valence-corrected chi connectivity index (χ3v) is 4.14. The molecule has 0 unspecified atom stereocenters. The highest BCUT2D eigenvalue weighted by molar-refractivity contribution is 9.13. The van der Waals surface area contributed by atoms with Gasteiger partial charge in [-0.1, -0.05) is 30.3 Å². The van der Waals surface area contributed by atoms with Gasteiger partial charge in [0.15, 0.2) is 4.67 Å². The van der Waals surface area contributed by atoms with Crippen LogP contribution < -0.4 is 5.32 Å². The molecule has 2 nitrogen and oxygen atoms in total. The number of rotatable bonds is 5. The monoisotopic (exact) mass is 357 g/mol. The van der Waals surface area contributed by atoms with Crippen LogP contribution in [-0.2, 0) is 13.0 Å². The number of benzene rings is 1. The molecular weight excluding hydrogens is 346 g/mol. The molecule has 0 aliphatic heterocycles. The van der Waals surface area contributed by atoms with Crippen LogP contribution in [0.5, 0.6) is 0 Å². The fourth-order valence-corrected chi connectivity index (χ4v) is 2.23. The van der Waals surface area contributed by atoms with Crippen LogP contribution in [0, 0.1) is 0 Å². The lowest BCUT2D eigenvalue weighted by molar-refractivity contribution is 0.465. The van der Waals surface area contributed by atoms with Crippen LogP contribution in [0.4, 0.5) is 0 Å². The Morgan fingerprint density at radius 2 is 1.88 bits per heavy atom. The highest BCUT2D eigenvalue weighted by atomic mass is 79.9. The second-order valence-corrected chi connectivity index (χ2v) is 5.32. The first-order valence-corrected chi connectivity index (χ1v) is 7.02. The topological polar surface area (TPSA) is 25.2 Å². The van der Waals surface area contributed by atoms with Gasteiger partial charge in [0.25, 0.3) is 0 Å². The Bertz CT molecular complexity index is 448. The molecule has 0 radical (unpaired) electrons. The Morgan fingerprint density at radius 1 is 1.12 bits per heavy atom. The van der Waals surface area contributed by atoms with E-state index in [1.54, 1.807) is 0 Å². The van der Waals surface area contributed by atoms with E-state index < -0.39 is 0 Å². The summed E-state index contributed by atoms with van der Waals surface area (Å²) in [4.78, 5) is 0. The van der Waals surface area contributed by atoms with E-state index in [1.807, 2.05) is 12.1 Å². The van der Waals surface area contributed by atoms with E-state index in [9.17, 15) is 0 Å². The molecule has 90 valence electrons. The van der Waals surface area contributed by atoms with Crippen LogP contribution >= 0.6 is 31.9 Å². The van der Waals surface area contributed by atoms with Crippen LogP contribution in [0.3, 0.4) is 0 Å². The number of halogens is 2. The zero-order chi connectivity index (χ0) is 12.1. The van der Waals surface area contributed by atoms with Gasteiger partial charge in [-0.3, -0.25) is 0 Å². The van der Waals surface area contributed by atoms with Crippen molar-refractivity contribution in [1.29, 1.82) is 0 Å². The normalized spacial score (nSPS) is 10.7. The molecular formula is C13H13Br2NO. The van der Waals surface area contributed by atoms with Crippen molar-refractivity contribution in [2.45, 2.75) is 13.0 Å². The number of furan rings is 1. The van der Waals surface area contributed by atoms with Crippen molar-refractivity contribution in [2.24, 2.45) is 0 Å². The maximum Gasteiger partial charge on any atom is 0.183 e. The maximum absolute atomic E-state index is 5.47. The first-order chi connectivity index (χ1) is 8.25. The Hall–Kier alpha value is -0.580. The van der Waals surface area contributed by atoms with E-state index in [-0.39, 0.29) is 0 Å². The second-order valence-electron chi connectivity index (χ2n) is 3.75. The molecule has 4 heteroatoms. The SMILES string of the molecule is Brc1cc(CNCCc2ccccc2)oc1Br. The summed E-state index contributed by atoms with van der Waals surface area (Å²) in [7, 11) is 0. The Labute approximate surface area is 118 Å². The van der Waals surface area contributed by atoms with Crippen molar-refractivity contribution < 1.29 is 4.42 Å². The van der Waals surface area contributed by atoms with Gasteiger partial charge in [0.1, 0.15) is 5.76 Å². The summed E-state index contributed by atoms with van der Waals surface area (Å²) in [5, 5.41) is 3.36. The predicted molar refractivity (Wildman–Crippen MR) is 76.0 cm³/mol. The number of hydrogen-bond donors (Lipinski definition) is 1. The summed E-state index contributed by atoms with van der Waals surface area (Å²) >= 11 is 6.71. The molecule has 0 bridgehead atoms. The van der Waals surface area contributed by atoms with E-state index in [1.165, 1.54) is 5.56 Å². The van der Waals surface area contributed by atoms with E-state index in [0.717, 1.165) is 34.4 Å². The predicted octanol–water partition coefficient (Wildman–Crippen LogP) is 4.14. The maximum atomic E-state index is 5.47. The minimum atomic E-state index is 0.747. The van der Waals surface area contributed by atoms with Gasteiger partial charge in [0.05, 0.1) is 11.0 Å². The van der Waals surface area contributed by atoms with Crippen LogP contribution in [0.1, 0.15) is 11.3 Å². The minimum Gasteiger partial charge on any atom is -0.452 e. The average molecular weight is 359 g/mol. The smallest absolute Gasteiger partial charge is 0.183 e. The van der Waals surface area contributed by atoms with Crippen molar-refractivity contribution in [3.8, 4) is 0 Å². The van der Waals surface area contributed by atoms with Gasteiger partial charge >= 0.3 is 0 Å². The van der Waals surface area contributed by atoms with Crippen LogP contribution in [-0.4, -0.2) is 6.54 Å². The largest absolute Gasteiger partial charge is 0.452 e. The van der Waals surface area contributed by atoms with Gasteiger partial charge in [0.2, 0.25) is 0 Å². The van der Waals surface area contributed by atoms with Crippen molar-refractivity contribution in [1.82, 2.24) is 5.32 Å². The lowest BCUT2D eigenvalue weighted by Gasteiger charge is -2.02. The molecule has 0 aliphatic rings. The third-order valence-electron chi connectivity index (χ3n) is 2.43. The molecule has 0 aliphatic carbocycles. The van der Waals surface area contributed by atoms with Gasteiger partial charge in [-0.25, -0.2) is 0 Å². The Balaban J connectivity index is 1.73. The zero-order valence-corrected chi connectivity index (χ0v) is 12.4. The number of hydrogen-bond acceptors (Lipinski definition) is 2. The van der Waals surface area contributed by atoms with Crippen molar-refractivity contribution in [3.05, 3.63) is 56.9 Å². The van der Waals surface area contributed by atoms with Crippen LogP contribution in [0.25, 0.3) is 0 Å². The molecule has 2 aromatic rings. The molecule has 1 heterocycles. The summed E-state index contributed by atoms with van der Waals surface area (Å²) in [6.45, 7) is 1.69. The standard InChI is InChI=1S/C13H13Br2NO/c14-12-8-11(17-13(12)15)9-16-7-6-10-4-2-1-3-5-10/h1-5,8,16H,6-7,9H2. The van der Waals surface area contributed by atoms with Crippen molar-refractivity contribution in [3.63, 3.8) is 0 Å². The molecule has 0 saturated carbocycles. The Kier molecular flexibility index (Phi) is 4.83. The number of nitrogens with one attached hydrogen (secondary N) is 1. The van der Waals surface area contributed by atoms with Crippen molar-refractivity contribution >= 4 is 31.9 Å². The molecule has 1 aromatic carbocycles. The van der Waals surface area contributed by atoms with E-state index in [0.29, 0.717) is 0 Å². The Morgan fingerprint density at radius 3 is 2.53 bits per heavy atom. The average Bonchev–Trinajstić information content (AvgIpc) is 2.66. The van der Waals surface area contributed by atoms with Gasteiger partial charge in [-0.15, -0.1) is 0 Å². The molecule has 0 fully saturated rings. The molecule has 17 heavy (non-hydrogen) atoms.